The summed E-state index contributed by atoms with van der Waals surface area (Å²) < 4.78 is 12.9. The Labute approximate surface area is 101 Å². The lowest BCUT2D eigenvalue weighted by Crippen LogP contribution is -2.35. The summed E-state index contributed by atoms with van der Waals surface area (Å²) in [6, 6.07) is 6.46. The van der Waals surface area contributed by atoms with Crippen LogP contribution >= 0.6 is 0 Å². The highest BCUT2D eigenvalue weighted by molar-refractivity contribution is 5.79. The second-order valence-corrected chi connectivity index (χ2v) is 3.54. The minimum Gasteiger partial charge on any atom is -0.385 e. The molecule has 1 aromatic carbocycles. The highest BCUT2D eigenvalue weighted by atomic mass is 19.1. The third-order valence-electron chi connectivity index (χ3n) is 2.26. The Hall–Kier alpha value is -1.78. The van der Waals surface area contributed by atoms with Gasteiger partial charge in [-0.15, -0.1) is 0 Å². The molecule has 0 bridgehead atoms. The van der Waals surface area contributed by atoms with Crippen LogP contribution in [0.25, 0.3) is 0 Å². The fourth-order valence-electron chi connectivity index (χ4n) is 1.41. The number of benzene rings is 1. The smallest absolute Gasteiger partial charge is 0.190 e. The van der Waals surface area contributed by atoms with Gasteiger partial charge in [0.05, 0.1) is 0 Å². The summed E-state index contributed by atoms with van der Waals surface area (Å²) in [5.74, 6) is 0.555. The number of rotatable bonds is 5. The van der Waals surface area contributed by atoms with E-state index in [1.165, 1.54) is 12.1 Å². The summed E-state index contributed by atoms with van der Waals surface area (Å²) in [7, 11) is 3.55. The molecule has 0 aromatic heterocycles. The molecule has 0 amide bonds. The molecule has 1 aromatic rings. The van der Waals surface area contributed by atoms with Gasteiger partial charge in [0, 0.05) is 32.9 Å². The monoisotopic (exact) mass is 238 g/mol. The molecule has 0 radical (unpaired) electrons. The molecule has 1 rings (SSSR count). The summed E-state index contributed by atoms with van der Waals surface area (Å²) in [4.78, 5) is 4.00. The van der Waals surface area contributed by atoms with Crippen molar-refractivity contribution >= 4 is 11.6 Å². The quantitative estimate of drug-likeness (QED) is 0.413. The number of aliphatic imine (C=N–C) groups is 1. The van der Waals surface area contributed by atoms with Gasteiger partial charge >= 0.3 is 0 Å². The third kappa shape index (κ3) is 5.19. The standard InChI is InChI=1S/C12H19FN4/c1-14-12(15-2)17-8-4-7-16-11-6-3-5-10(13)9-11/h3,5-6,9,16H,4,7-8H2,1-2H3,(H2,14,15,17). The van der Waals surface area contributed by atoms with E-state index in [0.29, 0.717) is 0 Å². The average molecular weight is 238 g/mol. The van der Waals surface area contributed by atoms with Gasteiger partial charge in [-0.2, -0.15) is 0 Å². The SMILES string of the molecule is CN=C(NC)NCCCNc1cccc(F)c1. The molecule has 3 N–H and O–H groups in total. The van der Waals surface area contributed by atoms with E-state index in [0.717, 1.165) is 31.2 Å². The molecule has 17 heavy (non-hydrogen) atoms. The zero-order chi connectivity index (χ0) is 12.5. The number of guanidine groups is 1. The molecule has 0 spiro atoms. The highest BCUT2D eigenvalue weighted by Gasteiger charge is 1.95. The van der Waals surface area contributed by atoms with E-state index in [2.05, 4.69) is 20.9 Å². The predicted octanol–water partition coefficient (Wildman–Crippen LogP) is 1.42. The van der Waals surface area contributed by atoms with E-state index < -0.39 is 0 Å². The minimum absolute atomic E-state index is 0.219. The lowest BCUT2D eigenvalue weighted by Gasteiger charge is -2.09. The highest BCUT2D eigenvalue weighted by Crippen LogP contribution is 2.08. The molecule has 5 heteroatoms. The van der Waals surface area contributed by atoms with E-state index in [1.807, 2.05) is 13.1 Å². The molecule has 0 saturated heterocycles. The molecule has 4 nitrogen and oxygen atoms in total. The van der Waals surface area contributed by atoms with Crippen molar-refractivity contribution in [3.8, 4) is 0 Å². The third-order valence-corrected chi connectivity index (χ3v) is 2.26. The zero-order valence-corrected chi connectivity index (χ0v) is 10.3. The van der Waals surface area contributed by atoms with Gasteiger partial charge in [-0.25, -0.2) is 4.39 Å². The second kappa shape index (κ2) is 7.49. The maximum atomic E-state index is 12.9. The van der Waals surface area contributed by atoms with Crippen LogP contribution in [0.4, 0.5) is 10.1 Å². The Morgan fingerprint density at radius 3 is 2.82 bits per heavy atom. The number of nitrogens with zero attached hydrogens (tertiary/aromatic N) is 1. The molecule has 0 aliphatic rings. The van der Waals surface area contributed by atoms with Crippen LogP contribution in [0, 0.1) is 5.82 Å². The van der Waals surface area contributed by atoms with E-state index in [4.69, 9.17) is 0 Å². The van der Waals surface area contributed by atoms with Crippen molar-refractivity contribution in [3.05, 3.63) is 30.1 Å². The fourth-order valence-corrected chi connectivity index (χ4v) is 1.41. The number of anilines is 1. The fraction of sp³-hybridized carbons (Fsp3) is 0.417. The summed E-state index contributed by atoms with van der Waals surface area (Å²) in [5.41, 5.74) is 0.808. The molecule has 0 heterocycles. The van der Waals surface area contributed by atoms with Crippen molar-refractivity contribution in [2.45, 2.75) is 6.42 Å². The van der Waals surface area contributed by atoms with Crippen LogP contribution < -0.4 is 16.0 Å². The van der Waals surface area contributed by atoms with Gasteiger partial charge in [-0.05, 0) is 24.6 Å². The van der Waals surface area contributed by atoms with Crippen LogP contribution in [0.1, 0.15) is 6.42 Å². The number of hydrogen-bond acceptors (Lipinski definition) is 2. The maximum absolute atomic E-state index is 12.9. The van der Waals surface area contributed by atoms with Gasteiger partial charge in [0.15, 0.2) is 5.96 Å². The van der Waals surface area contributed by atoms with Gasteiger partial charge in [-0.3, -0.25) is 4.99 Å². The Morgan fingerprint density at radius 2 is 2.18 bits per heavy atom. The van der Waals surface area contributed by atoms with Crippen LogP contribution in [0.15, 0.2) is 29.3 Å². The normalized spacial score (nSPS) is 11.1. The largest absolute Gasteiger partial charge is 0.385 e. The zero-order valence-electron chi connectivity index (χ0n) is 10.3. The summed E-state index contributed by atoms with van der Waals surface area (Å²) >= 11 is 0. The first-order valence-electron chi connectivity index (χ1n) is 5.64. The molecule has 0 saturated carbocycles. The topological polar surface area (TPSA) is 48.5 Å². The molecule has 0 aliphatic carbocycles. The summed E-state index contributed by atoms with van der Waals surface area (Å²) in [6.07, 6.45) is 0.928. The van der Waals surface area contributed by atoms with E-state index in [-0.39, 0.29) is 5.82 Å². The van der Waals surface area contributed by atoms with Crippen LogP contribution in [0.3, 0.4) is 0 Å². The molecular formula is C12H19FN4. The minimum atomic E-state index is -0.219. The van der Waals surface area contributed by atoms with Crippen LogP contribution in [0.2, 0.25) is 0 Å². The maximum Gasteiger partial charge on any atom is 0.190 e. The Bertz CT molecular complexity index is 365. The first kappa shape index (κ1) is 13.3. The van der Waals surface area contributed by atoms with Crippen molar-refractivity contribution < 1.29 is 4.39 Å². The first-order valence-corrected chi connectivity index (χ1v) is 5.64. The Morgan fingerprint density at radius 1 is 1.35 bits per heavy atom. The second-order valence-electron chi connectivity index (χ2n) is 3.54. The van der Waals surface area contributed by atoms with E-state index in [9.17, 15) is 4.39 Å². The first-order chi connectivity index (χ1) is 8.26. The molecular weight excluding hydrogens is 219 g/mol. The van der Waals surface area contributed by atoms with Crippen LogP contribution in [-0.2, 0) is 0 Å². The van der Waals surface area contributed by atoms with Gasteiger partial charge in [0.1, 0.15) is 5.82 Å². The van der Waals surface area contributed by atoms with Crippen LogP contribution in [0.5, 0.6) is 0 Å². The Kier molecular flexibility index (Phi) is 5.85. The number of hydrogen-bond donors (Lipinski definition) is 3. The molecule has 0 fully saturated rings. The summed E-state index contributed by atoms with van der Waals surface area (Å²) in [6.45, 7) is 1.60. The predicted molar refractivity (Wildman–Crippen MR) is 69.9 cm³/mol. The lowest BCUT2D eigenvalue weighted by atomic mass is 10.3. The molecule has 94 valence electrons. The van der Waals surface area contributed by atoms with E-state index in [1.54, 1.807) is 13.1 Å². The molecule has 0 aliphatic heterocycles. The van der Waals surface area contributed by atoms with Crippen molar-refractivity contribution in [2.75, 3.05) is 32.5 Å². The van der Waals surface area contributed by atoms with Crippen molar-refractivity contribution in [1.29, 1.82) is 0 Å². The summed E-state index contributed by atoms with van der Waals surface area (Å²) in [5, 5.41) is 9.23. The number of nitrogens with one attached hydrogen (secondary N) is 3. The average Bonchev–Trinajstić information content (AvgIpc) is 2.34. The van der Waals surface area contributed by atoms with Crippen molar-refractivity contribution in [3.63, 3.8) is 0 Å². The van der Waals surface area contributed by atoms with Crippen LogP contribution in [-0.4, -0.2) is 33.1 Å². The molecule has 0 unspecified atom stereocenters. The van der Waals surface area contributed by atoms with E-state index >= 15 is 0 Å². The van der Waals surface area contributed by atoms with Crippen molar-refractivity contribution in [2.24, 2.45) is 4.99 Å². The van der Waals surface area contributed by atoms with Gasteiger partial charge < -0.3 is 16.0 Å². The Balaban J connectivity index is 2.16. The number of halogens is 1. The van der Waals surface area contributed by atoms with Gasteiger partial charge in [0.25, 0.3) is 0 Å². The van der Waals surface area contributed by atoms with Gasteiger partial charge in [0.2, 0.25) is 0 Å². The van der Waals surface area contributed by atoms with Gasteiger partial charge in [-0.1, -0.05) is 6.07 Å². The van der Waals surface area contributed by atoms with Crippen molar-refractivity contribution in [1.82, 2.24) is 10.6 Å². The molecule has 0 atom stereocenters. The lowest BCUT2D eigenvalue weighted by molar-refractivity contribution is 0.628.